The summed E-state index contributed by atoms with van der Waals surface area (Å²) < 4.78 is 5.59. The molecule has 2 aromatic carbocycles. The highest BCUT2D eigenvalue weighted by Crippen LogP contribution is 2.23. The summed E-state index contributed by atoms with van der Waals surface area (Å²) in [7, 11) is 2.14. The Morgan fingerprint density at radius 1 is 1.07 bits per heavy atom. The van der Waals surface area contributed by atoms with Crippen molar-refractivity contribution in [3.8, 4) is 5.75 Å². The van der Waals surface area contributed by atoms with E-state index in [2.05, 4.69) is 41.2 Å². The lowest BCUT2D eigenvalue weighted by atomic mass is 10.0. The first kappa shape index (κ1) is 21.6. The number of rotatable bonds is 8. The molecule has 3 rings (SSSR count). The van der Waals surface area contributed by atoms with E-state index in [1.165, 1.54) is 5.56 Å². The monoisotopic (exact) mass is 415 g/mol. The Morgan fingerprint density at radius 3 is 2.34 bits per heavy atom. The molecule has 0 spiro atoms. The Balaban J connectivity index is 1.65. The highest BCUT2D eigenvalue weighted by Gasteiger charge is 2.24. The van der Waals surface area contributed by atoms with Crippen molar-refractivity contribution in [2.45, 2.75) is 19.4 Å². The van der Waals surface area contributed by atoms with Crippen LogP contribution in [-0.2, 0) is 0 Å². The number of nitrogens with zero attached hydrogens (tertiary/aromatic N) is 2. The Kier molecular flexibility index (Phi) is 7.92. The lowest BCUT2D eigenvalue weighted by molar-refractivity contribution is 0.0886. The highest BCUT2D eigenvalue weighted by molar-refractivity contribution is 6.30. The molecular weight excluding hydrogens is 386 g/mol. The minimum Gasteiger partial charge on any atom is -0.494 e. The molecular formula is C23H30ClN3O2. The van der Waals surface area contributed by atoms with Crippen molar-refractivity contribution < 1.29 is 9.53 Å². The lowest BCUT2D eigenvalue weighted by Gasteiger charge is -2.38. The normalized spacial score (nSPS) is 16.4. The van der Waals surface area contributed by atoms with Gasteiger partial charge in [0.2, 0.25) is 0 Å². The van der Waals surface area contributed by atoms with Crippen LogP contribution in [0.3, 0.4) is 0 Å². The van der Waals surface area contributed by atoms with E-state index in [1.54, 1.807) is 0 Å². The van der Waals surface area contributed by atoms with Crippen molar-refractivity contribution in [2.24, 2.45) is 0 Å². The molecule has 0 bridgehead atoms. The first-order chi connectivity index (χ1) is 14.1. The Bertz CT molecular complexity index is 772. The summed E-state index contributed by atoms with van der Waals surface area (Å²) in [6.45, 7) is 7.30. The summed E-state index contributed by atoms with van der Waals surface area (Å²) in [4.78, 5) is 17.5. The summed E-state index contributed by atoms with van der Waals surface area (Å²) in [6.07, 6.45) is 0.959. The number of likely N-dealkylation sites (N-methyl/N-ethyl adjacent to an activating group) is 1. The summed E-state index contributed by atoms with van der Waals surface area (Å²) in [5, 5.41) is 3.84. The molecule has 6 heteroatoms. The van der Waals surface area contributed by atoms with E-state index in [4.69, 9.17) is 16.3 Å². The molecule has 2 aromatic rings. The van der Waals surface area contributed by atoms with Crippen LogP contribution in [0.4, 0.5) is 0 Å². The molecule has 29 heavy (non-hydrogen) atoms. The van der Waals surface area contributed by atoms with Crippen molar-refractivity contribution >= 4 is 17.5 Å². The number of ether oxygens (including phenoxy) is 1. The molecule has 0 aromatic heterocycles. The van der Waals surface area contributed by atoms with Gasteiger partial charge >= 0.3 is 0 Å². The van der Waals surface area contributed by atoms with Crippen molar-refractivity contribution in [2.75, 3.05) is 46.4 Å². The highest BCUT2D eigenvalue weighted by atomic mass is 35.5. The molecule has 1 aliphatic rings. The van der Waals surface area contributed by atoms with E-state index in [-0.39, 0.29) is 11.9 Å². The van der Waals surface area contributed by atoms with Crippen LogP contribution in [0.5, 0.6) is 5.75 Å². The molecule has 1 amide bonds. The second-order valence-electron chi connectivity index (χ2n) is 7.49. The van der Waals surface area contributed by atoms with Crippen molar-refractivity contribution in [3.63, 3.8) is 0 Å². The number of carbonyl (C=O) groups is 1. The number of carbonyl (C=O) groups excluding carboxylic acids is 1. The zero-order valence-corrected chi connectivity index (χ0v) is 18.0. The zero-order chi connectivity index (χ0) is 20.6. The van der Waals surface area contributed by atoms with Crippen LogP contribution in [0.25, 0.3) is 0 Å². The first-order valence-corrected chi connectivity index (χ1v) is 10.6. The van der Waals surface area contributed by atoms with Gasteiger partial charge in [0, 0.05) is 43.3 Å². The topological polar surface area (TPSA) is 44.8 Å². The van der Waals surface area contributed by atoms with Crippen LogP contribution in [0.1, 0.15) is 35.3 Å². The number of halogens is 1. The number of amides is 1. The smallest absolute Gasteiger partial charge is 0.251 e. The minimum atomic E-state index is -0.0693. The molecule has 1 saturated heterocycles. The fraction of sp³-hybridized carbons (Fsp3) is 0.435. The molecule has 0 saturated carbocycles. The van der Waals surface area contributed by atoms with Gasteiger partial charge in [-0.3, -0.25) is 9.69 Å². The van der Waals surface area contributed by atoms with Crippen LogP contribution >= 0.6 is 11.6 Å². The largest absolute Gasteiger partial charge is 0.494 e. The molecule has 0 radical (unpaired) electrons. The van der Waals surface area contributed by atoms with Crippen molar-refractivity contribution in [3.05, 3.63) is 64.7 Å². The molecule has 0 unspecified atom stereocenters. The fourth-order valence-corrected chi connectivity index (χ4v) is 3.62. The number of piperazine rings is 1. The summed E-state index contributed by atoms with van der Waals surface area (Å²) in [5.41, 5.74) is 1.81. The van der Waals surface area contributed by atoms with Gasteiger partial charge in [-0.2, -0.15) is 0 Å². The van der Waals surface area contributed by atoms with Gasteiger partial charge in [0.15, 0.2) is 0 Å². The second kappa shape index (κ2) is 10.6. The zero-order valence-electron chi connectivity index (χ0n) is 17.2. The third-order valence-corrected chi connectivity index (χ3v) is 5.53. The molecule has 1 N–H and O–H groups in total. The molecule has 1 fully saturated rings. The Hall–Kier alpha value is -2.08. The molecule has 5 nitrogen and oxygen atoms in total. The van der Waals surface area contributed by atoms with E-state index in [0.717, 1.165) is 43.4 Å². The maximum absolute atomic E-state index is 12.7. The van der Waals surface area contributed by atoms with Gasteiger partial charge in [0.1, 0.15) is 5.75 Å². The Morgan fingerprint density at radius 2 is 1.72 bits per heavy atom. The van der Waals surface area contributed by atoms with Gasteiger partial charge in [-0.05, 0) is 55.4 Å². The van der Waals surface area contributed by atoms with Crippen LogP contribution in [0.15, 0.2) is 48.5 Å². The van der Waals surface area contributed by atoms with Crippen LogP contribution < -0.4 is 10.1 Å². The van der Waals surface area contributed by atoms with Gasteiger partial charge < -0.3 is 15.0 Å². The van der Waals surface area contributed by atoms with Crippen molar-refractivity contribution in [1.29, 1.82) is 0 Å². The maximum Gasteiger partial charge on any atom is 0.251 e. The standard InChI is InChI=1S/C23H30ClN3O2/c1-3-16-29-21-10-6-19(7-11-21)23(28)25-17-22(18-4-8-20(24)9-5-18)27-14-12-26(2)13-15-27/h4-11,22H,3,12-17H2,1-2H3,(H,25,28)/t22-/m0/s1. The van der Waals surface area contributed by atoms with E-state index >= 15 is 0 Å². The molecule has 156 valence electrons. The van der Waals surface area contributed by atoms with Crippen LogP contribution in [0, 0.1) is 0 Å². The van der Waals surface area contributed by atoms with Crippen molar-refractivity contribution in [1.82, 2.24) is 15.1 Å². The van der Waals surface area contributed by atoms with Gasteiger partial charge in [-0.1, -0.05) is 30.7 Å². The predicted octanol–water partition coefficient (Wildman–Crippen LogP) is 3.85. The van der Waals surface area contributed by atoms with E-state index in [9.17, 15) is 4.79 Å². The summed E-state index contributed by atoms with van der Waals surface area (Å²) in [6, 6.07) is 15.4. The maximum atomic E-state index is 12.7. The quantitative estimate of drug-likeness (QED) is 0.711. The summed E-state index contributed by atoms with van der Waals surface area (Å²) >= 11 is 6.07. The molecule has 1 aliphatic heterocycles. The number of nitrogens with one attached hydrogen (secondary N) is 1. The first-order valence-electron chi connectivity index (χ1n) is 10.3. The average Bonchev–Trinajstić information content (AvgIpc) is 2.75. The second-order valence-corrected chi connectivity index (χ2v) is 7.93. The van der Waals surface area contributed by atoms with E-state index < -0.39 is 0 Å². The lowest BCUT2D eigenvalue weighted by Crippen LogP contribution is -2.48. The van der Waals surface area contributed by atoms with E-state index in [0.29, 0.717) is 18.7 Å². The fourth-order valence-electron chi connectivity index (χ4n) is 3.49. The van der Waals surface area contributed by atoms with Gasteiger partial charge in [0.05, 0.1) is 12.6 Å². The SMILES string of the molecule is CCCOc1ccc(C(=O)NC[C@@H](c2ccc(Cl)cc2)N2CCN(C)CC2)cc1. The summed E-state index contributed by atoms with van der Waals surface area (Å²) in [5.74, 6) is 0.722. The van der Waals surface area contributed by atoms with E-state index in [1.807, 2.05) is 36.4 Å². The van der Waals surface area contributed by atoms with Gasteiger partial charge in [-0.15, -0.1) is 0 Å². The van der Waals surface area contributed by atoms with Gasteiger partial charge in [0.25, 0.3) is 5.91 Å². The number of hydrogen-bond donors (Lipinski definition) is 1. The molecule has 0 aliphatic carbocycles. The van der Waals surface area contributed by atoms with Crippen LogP contribution in [-0.4, -0.2) is 62.1 Å². The average molecular weight is 416 g/mol. The third kappa shape index (κ3) is 6.20. The number of benzene rings is 2. The van der Waals surface area contributed by atoms with Gasteiger partial charge in [-0.25, -0.2) is 0 Å². The van der Waals surface area contributed by atoms with Crippen LogP contribution in [0.2, 0.25) is 5.02 Å². The Labute approximate surface area is 178 Å². The minimum absolute atomic E-state index is 0.0693. The predicted molar refractivity (Wildman–Crippen MR) is 118 cm³/mol. The molecule has 1 atom stereocenters. The molecule has 1 heterocycles. The number of hydrogen-bond acceptors (Lipinski definition) is 4. The third-order valence-electron chi connectivity index (χ3n) is 5.28.